The number of hydrogen-bond acceptors (Lipinski definition) is 4. The van der Waals surface area contributed by atoms with E-state index in [2.05, 4.69) is 20.0 Å². The van der Waals surface area contributed by atoms with E-state index in [0.717, 1.165) is 33.4 Å². The van der Waals surface area contributed by atoms with E-state index in [1.807, 2.05) is 38.2 Å². The van der Waals surface area contributed by atoms with E-state index < -0.39 is 6.61 Å². The van der Waals surface area contributed by atoms with Crippen LogP contribution in [0, 0.1) is 13.8 Å². The maximum atomic E-state index is 12.1. The summed E-state index contributed by atoms with van der Waals surface area (Å²) in [7, 11) is 0. The molecule has 0 amide bonds. The first kappa shape index (κ1) is 16.1. The highest BCUT2D eigenvalue weighted by Gasteiger charge is 2.08. The molecule has 3 rings (SSSR count). The first-order chi connectivity index (χ1) is 11.5. The van der Waals surface area contributed by atoms with Gasteiger partial charge in [0.15, 0.2) is 0 Å². The predicted molar refractivity (Wildman–Crippen MR) is 89.4 cm³/mol. The lowest BCUT2D eigenvalue weighted by molar-refractivity contribution is -0.0500. The summed E-state index contributed by atoms with van der Waals surface area (Å²) in [5.74, 6) is 0.0508. The molecule has 3 aromatic rings. The molecule has 2 heterocycles. The van der Waals surface area contributed by atoms with Crippen molar-refractivity contribution < 1.29 is 13.5 Å². The van der Waals surface area contributed by atoms with Crippen LogP contribution in [0.15, 0.2) is 42.7 Å². The van der Waals surface area contributed by atoms with E-state index in [1.165, 1.54) is 12.3 Å². The molecule has 1 aromatic carbocycles. The maximum absolute atomic E-state index is 12.1. The Morgan fingerprint density at radius 1 is 1.04 bits per heavy atom. The molecule has 4 nitrogen and oxygen atoms in total. The summed E-state index contributed by atoms with van der Waals surface area (Å²) in [6.07, 6.45) is 3.13. The minimum atomic E-state index is -2.84. The van der Waals surface area contributed by atoms with E-state index in [9.17, 15) is 8.78 Å². The zero-order chi connectivity index (χ0) is 17.1. The van der Waals surface area contributed by atoms with Gasteiger partial charge < -0.3 is 10.1 Å². The van der Waals surface area contributed by atoms with E-state index in [-0.39, 0.29) is 5.75 Å². The van der Waals surface area contributed by atoms with Crippen LogP contribution in [0.25, 0.3) is 10.9 Å². The quantitative estimate of drug-likeness (QED) is 0.751. The molecule has 0 radical (unpaired) electrons. The van der Waals surface area contributed by atoms with Gasteiger partial charge >= 0.3 is 6.61 Å². The first-order valence-electron chi connectivity index (χ1n) is 7.53. The van der Waals surface area contributed by atoms with Gasteiger partial charge in [-0.15, -0.1) is 0 Å². The topological polar surface area (TPSA) is 47.0 Å². The van der Waals surface area contributed by atoms with Gasteiger partial charge in [0.05, 0.1) is 24.0 Å². The zero-order valence-electron chi connectivity index (χ0n) is 13.4. The van der Waals surface area contributed by atoms with Crippen molar-refractivity contribution in [2.75, 3.05) is 5.32 Å². The molecule has 0 aliphatic rings. The standard InChI is InChI=1S/C18H17F2N3O/c1-11-4-3-5-15-16(11)22-8-12(2)17(15)23-9-13-6-7-14(10-21-13)24-18(19)20/h3-8,10,18H,9H2,1-2H3,(H,22,23). The highest BCUT2D eigenvalue weighted by atomic mass is 19.3. The number of halogens is 2. The van der Waals surface area contributed by atoms with Gasteiger partial charge in [0.25, 0.3) is 0 Å². The summed E-state index contributed by atoms with van der Waals surface area (Å²) in [6.45, 7) is 1.65. The summed E-state index contributed by atoms with van der Waals surface area (Å²) in [5, 5.41) is 4.42. The Morgan fingerprint density at radius 2 is 1.88 bits per heavy atom. The molecule has 1 N–H and O–H groups in total. The molecular formula is C18H17F2N3O. The summed E-state index contributed by atoms with van der Waals surface area (Å²) >= 11 is 0. The molecule has 0 unspecified atom stereocenters. The Labute approximate surface area is 138 Å². The number of aryl methyl sites for hydroxylation is 2. The number of alkyl halides is 2. The van der Waals surface area contributed by atoms with Gasteiger partial charge in [-0.1, -0.05) is 18.2 Å². The Balaban J connectivity index is 1.81. The number of fused-ring (bicyclic) bond motifs is 1. The van der Waals surface area contributed by atoms with Crippen LogP contribution in [-0.4, -0.2) is 16.6 Å². The van der Waals surface area contributed by atoms with E-state index in [1.54, 1.807) is 6.07 Å². The number of para-hydroxylation sites is 1. The van der Waals surface area contributed by atoms with Crippen LogP contribution in [0.3, 0.4) is 0 Å². The number of hydrogen-bond donors (Lipinski definition) is 1. The van der Waals surface area contributed by atoms with Crippen LogP contribution in [0.4, 0.5) is 14.5 Å². The lowest BCUT2D eigenvalue weighted by Crippen LogP contribution is -2.06. The van der Waals surface area contributed by atoms with Gasteiger partial charge in [0.1, 0.15) is 5.75 Å². The molecule has 0 saturated carbocycles. The predicted octanol–water partition coefficient (Wildman–Crippen LogP) is 4.46. The average molecular weight is 329 g/mol. The van der Waals surface area contributed by atoms with Crippen molar-refractivity contribution in [3.8, 4) is 5.75 Å². The number of benzene rings is 1. The number of rotatable bonds is 5. The third-order valence-corrected chi connectivity index (χ3v) is 3.76. The van der Waals surface area contributed by atoms with Crippen molar-refractivity contribution in [1.29, 1.82) is 0 Å². The zero-order valence-corrected chi connectivity index (χ0v) is 13.4. The highest BCUT2D eigenvalue weighted by molar-refractivity contribution is 5.94. The number of anilines is 1. The number of ether oxygens (including phenoxy) is 1. The minimum absolute atomic E-state index is 0.0508. The largest absolute Gasteiger partial charge is 0.433 e. The second-order valence-corrected chi connectivity index (χ2v) is 5.50. The Kier molecular flexibility index (Phi) is 4.55. The van der Waals surface area contributed by atoms with Crippen molar-refractivity contribution in [2.45, 2.75) is 27.0 Å². The maximum Gasteiger partial charge on any atom is 0.387 e. The van der Waals surface area contributed by atoms with Crippen LogP contribution in [0.1, 0.15) is 16.8 Å². The molecule has 124 valence electrons. The Bertz CT molecular complexity index is 851. The van der Waals surface area contributed by atoms with Crippen molar-refractivity contribution in [3.63, 3.8) is 0 Å². The normalized spacial score (nSPS) is 11.0. The fraction of sp³-hybridized carbons (Fsp3) is 0.222. The fourth-order valence-corrected chi connectivity index (χ4v) is 2.57. The Morgan fingerprint density at radius 3 is 2.58 bits per heavy atom. The van der Waals surface area contributed by atoms with Crippen molar-refractivity contribution in [3.05, 3.63) is 59.5 Å². The Hall–Kier alpha value is -2.76. The molecule has 24 heavy (non-hydrogen) atoms. The highest BCUT2D eigenvalue weighted by Crippen LogP contribution is 2.27. The van der Waals surface area contributed by atoms with Crippen molar-refractivity contribution in [2.24, 2.45) is 0 Å². The summed E-state index contributed by atoms with van der Waals surface area (Å²) in [5.41, 5.74) is 4.83. The molecule has 6 heteroatoms. The second-order valence-electron chi connectivity index (χ2n) is 5.50. The number of nitrogens with zero attached hydrogens (tertiary/aromatic N) is 2. The van der Waals surface area contributed by atoms with Gasteiger partial charge in [-0.2, -0.15) is 8.78 Å². The molecular weight excluding hydrogens is 312 g/mol. The van der Waals surface area contributed by atoms with Gasteiger partial charge in [-0.05, 0) is 37.1 Å². The van der Waals surface area contributed by atoms with Crippen LogP contribution in [-0.2, 0) is 6.54 Å². The third kappa shape index (κ3) is 3.42. The lowest BCUT2D eigenvalue weighted by Gasteiger charge is -2.13. The summed E-state index contributed by atoms with van der Waals surface area (Å²) in [6, 6.07) is 9.20. The smallest absolute Gasteiger partial charge is 0.387 e. The fourth-order valence-electron chi connectivity index (χ4n) is 2.57. The molecule has 2 aromatic heterocycles. The van der Waals surface area contributed by atoms with Crippen molar-refractivity contribution in [1.82, 2.24) is 9.97 Å². The van der Waals surface area contributed by atoms with Crippen LogP contribution in [0.5, 0.6) is 5.75 Å². The number of pyridine rings is 2. The average Bonchev–Trinajstić information content (AvgIpc) is 2.55. The van der Waals surface area contributed by atoms with Gasteiger partial charge in [0.2, 0.25) is 0 Å². The van der Waals surface area contributed by atoms with E-state index in [0.29, 0.717) is 6.54 Å². The lowest BCUT2D eigenvalue weighted by atomic mass is 10.1. The molecule has 0 bridgehead atoms. The molecule has 0 fully saturated rings. The minimum Gasteiger partial charge on any atom is -0.433 e. The molecule has 0 saturated heterocycles. The monoisotopic (exact) mass is 329 g/mol. The van der Waals surface area contributed by atoms with E-state index >= 15 is 0 Å². The molecule has 0 aliphatic heterocycles. The summed E-state index contributed by atoms with van der Waals surface area (Å²) < 4.78 is 28.6. The van der Waals surface area contributed by atoms with Crippen molar-refractivity contribution >= 4 is 16.6 Å². The third-order valence-electron chi connectivity index (χ3n) is 3.76. The first-order valence-corrected chi connectivity index (χ1v) is 7.53. The van der Waals surface area contributed by atoms with Crippen LogP contribution >= 0.6 is 0 Å². The number of nitrogens with one attached hydrogen (secondary N) is 1. The van der Waals surface area contributed by atoms with Gasteiger partial charge in [-0.3, -0.25) is 9.97 Å². The van der Waals surface area contributed by atoms with Gasteiger partial charge in [0, 0.05) is 17.3 Å². The van der Waals surface area contributed by atoms with Gasteiger partial charge in [-0.25, -0.2) is 0 Å². The second kappa shape index (κ2) is 6.78. The summed E-state index contributed by atoms with van der Waals surface area (Å²) in [4.78, 5) is 8.63. The molecule has 0 atom stereocenters. The number of aromatic nitrogens is 2. The van der Waals surface area contributed by atoms with Crippen LogP contribution < -0.4 is 10.1 Å². The van der Waals surface area contributed by atoms with Crippen LogP contribution in [0.2, 0.25) is 0 Å². The molecule has 0 spiro atoms. The molecule has 0 aliphatic carbocycles. The SMILES string of the molecule is Cc1cnc2c(C)cccc2c1NCc1ccc(OC(F)F)cn1. The van der Waals surface area contributed by atoms with E-state index in [4.69, 9.17) is 0 Å².